The summed E-state index contributed by atoms with van der Waals surface area (Å²) in [6, 6.07) is 0. The van der Waals surface area contributed by atoms with Crippen molar-refractivity contribution < 1.29 is 5.11 Å². The van der Waals surface area contributed by atoms with Gasteiger partial charge in [-0.3, -0.25) is 14.8 Å². The van der Waals surface area contributed by atoms with Crippen LogP contribution >= 0.6 is 0 Å². The molecule has 2 aromatic heterocycles. The summed E-state index contributed by atoms with van der Waals surface area (Å²) in [6.45, 7) is 13.9. The van der Waals surface area contributed by atoms with E-state index in [-0.39, 0.29) is 16.8 Å². The number of nitrogens with one attached hydrogen (secondary N) is 2. The molecule has 3 N–H and O–H groups in total. The third kappa shape index (κ3) is 4.97. The lowest BCUT2D eigenvalue weighted by atomic mass is 9.90. The third-order valence-electron chi connectivity index (χ3n) is 3.11. The van der Waals surface area contributed by atoms with Gasteiger partial charge in [-0.25, -0.2) is 4.79 Å². The molecule has 0 amide bonds. The number of hydrogen-bond acceptors (Lipinski definition) is 7. The van der Waals surface area contributed by atoms with Crippen molar-refractivity contribution in [2.45, 2.75) is 60.3 Å². The Hall–Kier alpha value is -2.58. The molecule has 0 aliphatic carbocycles. The molecule has 0 unspecified atom stereocenters. The van der Waals surface area contributed by atoms with Crippen molar-refractivity contribution in [3.63, 3.8) is 0 Å². The predicted octanol–water partition coefficient (Wildman–Crippen LogP) is 1.76. The van der Waals surface area contributed by atoms with Crippen LogP contribution in [0, 0.1) is 0 Å². The van der Waals surface area contributed by atoms with E-state index in [9.17, 15) is 14.7 Å². The zero-order chi connectivity index (χ0) is 18.9. The van der Waals surface area contributed by atoms with Crippen LogP contribution in [-0.2, 0) is 5.41 Å². The molecule has 0 aliphatic rings. The summed E-state index contributed by atoms with van der Waals surface area (Å²) in [5.74, 6) is -0.343. The third-order valence-corrected chi connectivity index (χ3v) is 3.11. The second-order valence-electron chi connectivity index (χ2n) is 4.92. The summed E-state index contributed by atoms with van der Waals surface area (Å²) in [5.41, 5.74) is -2.19. The largest absolute Gasteiger partial charge is 0.494 e. The monoisotopic (exact) mass is 338 g/mol. The zero-order valence-corrected chi connectivity index (χ0v) is 15.3. The molecular weight excluding hydrogens is 312 g/mol. The summed E-state index contributed by atoms with van der Waals surface area (Å²) in [4.78, 5) is 26.6. The van der Waals surface area contributed by atoms with Crippen LogP contribution < -0.4 is 11.2 Å². The van der Waals surface area contributed by atoms with Crippen molar-refractivity contribution in [3.05, 3.63) is 26.7 Å². The van der Waals surface area contributed by atoms with Crippen LogP contribution in [0.5, 0.6) is 5.88 Å². The van der Waals surface area contributed by atoms with E-state index in [2.05, 4.69) is 20.4 Å². The van der Waals surface area contributed by atoms with Gasteiger partial charge in [-0.15, -0.1) is 20.4 Å². The van der Waals surface area contributed by atoms with E-state index in [0.717, 1.165) is 6.42 Å². The van der Waals surface area contributed by atoms with Crippen LogP contribution in [0.3, 0.4) is 0 Å². The van der Waals surface area contributed by atoms with Crippen LogP contribution in [0.25, 0.3) is 11.4 Å². The molecule has 0 fully saturated rings. The van der Waals surface area contributed by atoms with Crippen LogP contribution in [0.2, 0.25) is 0 Å². The van der Waals surface area contributed by atoms with Crippen LogP contribution in [0.1, 0.15) is 60.7 Å². The molecule has 0 radical (unpaired) electrons. The Morgan fingerprint density at radius 1 is 0.958 bits per heavy atom. The van der Waals surface area contributed by atoms with E-state index in [4.69, 9.17) is 0 Å². The van der Waals surface area contributed by atoms with Crippen LogP contribution in [0.4, 0.5) is 0 Å². The second-order valence-corrected chi connectivity index (χ2v) is 4.92. The smallest absolute Gasteiger partial charge is 0.328 e. The van der Waals surface area contributed by atoms with Gasteiger partial charge in [-0.2, -0.15) is 0 Å². The minimum Gasteiger partial charge on any atom is -0.494 e. The van der Waals surface area contributed by atoms with Gasteiger partial charge in [0, 0.05) is 5.41 Å². The molecule has 2 aromatic rings. The van der Waals surface area contributed by atoms with Crippen molar-refractivity contribution in [2.75, 3.05) is 0 Å². The van der Waals surface area contributed by atoms with Gasteiger partial charge in [0.15, 0.2) is 5.82 Å². The highest BCUT2D eigenvalue weighted by atomic mass is 16.3. The number of H-pyrrole nitrogens is 2. The van der Waals surface area contributed by atoms with E-state index in [1.165, 1.54) is 0 Å². The fraction of sp³-hybridized carbons (Fsp3) is 0.600. The molecule has 0 atom stereocenters. The van der Waals surface area contributed by atoms with Gasteiger partial charge in [0.25, 0.3) is 5.56 Å². The zero-order valence-electron chi connectivity index (χ0n) is 15.3. The Morgan fingerprint density at radius 2 is 1.46 bits per heavy atom. The molecule has 0 spiro atoms. The van der Waals surface area contributed by atoms with Gasteiger partial charge in [0.1, 0.15) is 5.56 Å². The molecule has 9 heteroatoms. The van der Waals surface area contributed by atoms with Crippen molar-refractivity contribution in [2.24, 2.45) is 0 Å². The molecule has 0 bridgehead atoms. The molecule has 0 saturated carbocycles. The summed E-state index contributed by atoms with van der Waals surface area (Å²) in [6.07, 6.45) is 0.792. The first kappa shape index (κ1) is 21.4. The molecule has 0 saturated heterocycles. The van der Waals surface area contributed by atoms with E-state index < -0.39 is 17.1 Å². The van der Waals surface area contributed by atoms with Gasteiger partial charge in [-0.05, 0) is 6.42 Å². The normalized spacial score (nSPS) is 10.1. The first-order valence-electron chi connectivity index (χ1n) is 7.99. The summed E-state index contributed by atoms with van der Waals surface area (Å²) < 4.78 is 0. The molecular formula is C15H26N6O3. The van der Waals surface area contributed by atoms with Crippen LogP contribution in [0.15, 0.2) is 9.59 Å². The molecule has 0 aliphatic heterocycles. The van der Waals surface area contributed by atoms with Gasteiger partial charge in [0.2, 0.25) is 11.7 Å². The highest BCUT2D eigenvalue weighted by molar-refractivity contribution is 5.58. The van der Waals surface area contributed by atoms with Gasteiger partial charge in [-0.1, -0.05) is 48.5 Å². The molecule has 2 heterocycles. The van der Waals surface area contributed by atoms with Gasteiger partial charge >= 0.3 is 5.69 Å². The highest BCUT2D eigenvalue weighted by Crippen LogP contribution is 2.23. The summed E-state index contributed by atoms with van der Waals surface area (Å²) >= 11 is 0. The van der Waals surface area contributed by atoms with Gasteiger partial charge in [0.05, 0.1) is 0 Å². The Kier molecular flexibility index (Phi) is 8.51. The average molecular weight is 338 g/mol. The van der Waals surface area contributed by atoms with E-state index in [0.29, 0.717) is 5.82 Å². The predicted molar refractivity (Wildman–Crippen MR) is 92.0 cm³/mol. The van der Waals surface area contributed by atoms with E-state index in [1.807, 2.05) is 58.4 Å². The first-order valence-corrected chi connectivity index (χ1v) is 7.99. The number of aromatic amines is 2. The van der Waals surface area contributed by atoms with E-state index >= 15 is 0 Å². The van der Waals surface area contributed by atoms with Crippen molar-refractivity contribution in [3.8, 4) is 17.3 Å². The van der Waals surface area contributed by atoms with Crippen molar-refractivity contribution in [1.82, 2.24) is 30.4 Å². The lowest BCUT2D eigenvalue weighted by Crippen LogP contribution is -2.25. The standard InChI is InChI=1S/C11H14N6O3.2C2H6/c1-4-11(2,3)9-16-14-6(15-17-9)5-7(18)12-10(20)13-8(5)19;2*1-2/h4H2,1-3H3,(H3,12,13,18,19,20);2*1-2H3. The van der Waals surface area contributed by atoms with Crippen molar-refractivity contribution in [1.29, 1.82) is 0 Å². The maximum absolute atomic E-state index is 11.6. The van der Waals surface area contributed by atoms with Gasteiger partial charge < -0.3 is 5.11 Å². The molecule has 0 aromatic carbocycles. The molecule has 24 heavy (non-hydrogen) atoms. The molecule has 134 valence electrons. The van der Waals surface area contributed by atoms with Crippen LogP contribution in [-0.4, -0.2) is 35.5 Å². The maximum Gasteiger partial charge on any atom is 0.328 e. The molecule has 9 nitrogen and oxygen atoms in total. The fourth-order valence-corrected chi connectivity index (χ4v) is 1.44. The number of aromatic nitrogens is 6. The quantitative estimate of drug-likeness (QED) is 0.775. The number of nitrogens with zero attached hydrogens (tertiary/aromatic N) is 4. The SMILES string of the molecule is CC.CC.CCC(C)(C)c1nnc(-c2c(O)[nH]c(=O)[nH]c2=O)nn1. The minimum absolute atomic E-state index is 0.157. The Bertz CT molecular complexity index is 734. The highest BCUT2D eigenvalue weighted by Gasteiger charge is 2.24. The lowest BCUT2D eigenvalue weighted by molar-refractivity contribution is 0.446. The Morgan fingerprint density at radius 3 is 1.88 bits per heavy atom. The lowest BCUT2D eigenvalue weighted by Gasteiger charge is -2.18. The Balaban J connectivity index is 0.00000123. The number of aromatic hydroxyl groups is 1. The average Bonchev–Trinajstić information content (AvgIpc) is 2.58. The second kappa shape index (κ2) is 9.53. The minimum atomic E-state index is -0.819. The molecule has 2 rings (SSSR count). The Labute approximate surface area is 140 Å². The summed E-state index contributed by atoms with van der Waals surface area (Å²) in [5, 5.41) is 25.0. The number of rotatable bonds is 3. The first-order chi connectivity index (χ1) is 11.3. The number of hydrogen-bond donors (Lipinski definition) is 3. The fourth-order valence-electron chi connectivity index (χ4n) is 1.44. The maximum atomic E-state index is 11.6. The topological polar surface area (TPSA) is 138 Å². The summed E-state index contributed by atoms with van der Waals surface area (Å²) in [7, 11) is 0. The van der Waals surface area contributed by atoms with Crippen molar-refractivity contribution >= 4 is 0 Å². The van der Waals surface area contributed by atoms with E-state index in [1.54, 1.807) is 0 Å².